The van der Waals surface area contributed by atoms with Gasteiger partial charge < -0.3 is 42.5 Å². The van der Waals surface area contributed by atoms with Crippen molar-refractivity contribution in [2.24, 2.45) is 0 Å². The van der Waals surface area contributed by atoms with E-state index in [0.717, 1.165) is 123 Å². The molecule has 0 heterocycles. The number of hydrogen-bond acceptors (Lipinski definition) is 10. The topological polar surface area (TPSA) is 82.2 Å². The molecule has 0 fully saturated rings. The van der Waals surface area contributed by atoms with Crippen LogP contribution in [0.3, 0.4) is 0 Å². The molecule has 9 aromatic rings. The van der Waals surface area contributed by atoms with Crippen molar-refractivity contribution in [3.63, 3.8) is 0 Å². The van der Waals surface area contributed by atoms with Gasteiger partial charge in [0.2, 0.25) is 0 Å². The number of ether oxygens (including phenoxy) is 3. The predicted octanol–water partition coefficient (Wildman–Crippen LogP) is 21.6. The maximum Gasteiger partial charge on any atom is 0.647 e. The van der Waals surface area contributed by atoms with Crippen LogP contribution in [0.15, 0.2) is 218 Å². The number of likely N-dealkylation sites (N-methyl/N-ethyl adjacent to an activating group) is 3. The number of hydrogen-bond donors (Lipinski definition) is 0. The van der Waals surface area contributed by atoms with Crippen LogP contribution in [-0.2, 0) is 4.57 Å². The Kier molecular flexibility index (Phi) is 26.2. The molecule has 0 radical (unpaired) electrons. The standard InChI is InChI=1S/C87H102N3O7P/c1-16-82(67-25-19-64(20-26-67)61(4)5)85(70-31-43-76(44-32-70)92-58-55-88(10)11)73-37-49-79(50-38-73)95-98(91,96-80-51-39-74(40-52-80)86(71-33-45-77(46-34-71)93-59-56-89(12)13)83(17-2)68-27-21-65(22-28-68)62(6)7)97-81-53-41-75(42-54-81)87(72-35-47-78(48-36-72)94-60-57-90(14)15)84(18-3)69-29-23-66(24-30-69)63(8)9/h19-54,61-63H,16-18,55-60H2,1-15H3/b85-82-,86-83-,87-84-. The van der Waals surface area contributed by atoms with E-state index in [4.69, 9.17) is 27.8 Å². The summed E-state index contributed by atoms with van der Waals surface area (Å²) in [7, 11) is 7.68. The van der Waals surface area contributed by atoms with E-state index in [1.807, 2.05) is 151 Å². The minimum atomic E-state index is -4.58. The highest BCUT2D eigenvalue weighted by Gasteiger charge is 2.34. The van der Waals surface area contributed by atoms with E-state index in [2.05, 4.69) is 186 Å². The molecule has 512 valence electrons. The Morgan fingerprint density at radius 2 is 0.469 bits per heavy atom. The van der Waals surface area contributed by atoms with Crippen LogP contribution in [-0.4, -0.2) is 96.4 Å². The summed E-state index contributed by atoms with van der Waals surface area (Å²) in [5.74, 6) is 4.54. The largest absolute Gasteiger partial charge is 0.647 e. The van der Waals surface area contributed by atoms with Crippen molar-refractivity contribution >= 4 is 41.3 Å². The van der Waals surface area contributed by atoms with E-state index in [1.165, 1.54) is 33.4 Å². The highest BCUT2D eigenvalue weighted by molar-refractivity contribution is 7.49. The molecule has 0 aliphatic rings. The summed E-state index contributed by atoms with van der Waals surface area (Å²) in [5, 5.41) is 0. The van der Waals surface area contributed by atoms with Gasteiger partial charge in [0.1, 0.15) is 54.3 Å². The molecule has 0 atom stereocenters. The lowest BCUT2D eigenvalue weighted by molar-refractivity contribution is 0.261. The van der Waals surface area contributed by atoms with Crippen LogP contribution >= 0.6 is 7.82 Å². The summed E-state index contributed by atoms with van der Waals surface area (Å²) in [6.07, 6.45) is 2.31. The van der Waals surface area contributed by atoms with Crippen molar-refractivity contribution < 1.29 is 32.3 Å². The van der Waals surface area contributed by atoms with Crippen LogP contribution in [0.25, 0.3) is 33.4 Å². The molecule has 98 heavy (non-hydrogen) atoms. The van der Waals surface area contributed by atoms with Crippen LogP contribution in [0, 0.1) is 0 Å². The zero-order valence-corrected chi connectivity index (χ0v) is 61.4. The number of phosphoric acid groups is 1. The molecule has 0 amide bonds. The predicted molar refractivity (Wildman–Crippen MR) is 411 cm³/mol. The molecule has 9 rings (SSSR count). The van der Waals surface area contributed by atoms with Gasteiger partial charge in [0.05, 0.1) is 0 Å². The van der Waals surface area contributed by atoms with E-state index >= 15 is 4.57 Å². The van der Waals surface area contributed by atoms with Gasteiger partial charge in [0.25, 0.3) is 0 Å². The number of nitrogens with zero attached hydrogens (tertiary/aromatic N) is 3. The van der Waals surface area contributed by atoms with Crippen LogP contribution < -0.4 is 27.8 Å². The van der Waals surface area contributed by atoms with E-state index in [1.54, 1.807) is 0 Å². The van der Waals surface area contributed by atoms with Gasteiger partial charge in [-0.2, -0.15) is 4.57 Å². The molecule has 0 unspecified atom stereocenters. The zero-order valence-electron chi connectivity index (χ0n) is 60.5. The average molecular weight is 1330 g/mol. The second-order valence-corrected chi connectivity index (χ2v) is 28.2. The van der Waals surface area contributed by atoms with Gasteiger partial charge in [0.15, 0.2) is 0 Å². The quantitative estimate of drug-likeness (QED) is 0.0293. The van der Waals surface area contributed by atoms with E-state index in [-0.39, 0.29) is 0 Å². The van der Waals surface area contributed by atoms with Crippen LogP contribution in [0.1, 0.15) is 166 Å². The smallest absolute Gasteiger partial charge is 0.492 e. The Bertz CT molecular complexity index is 3690. The Hall–Kier alpha value is -8.89. The first-order chi connectivity index (χ1) is 47.2. The fraction of sp³-hybridized carbons (Fsp3) is 0.310. The summed E-state index contributed by atoms with van der Waals surface area (Å²) in [5.41, 5.74) is 20.0. The van der Waals surface area contributed by atoms with Gasteiger partial charge in [-0.1, -0.05) is 208 Å². The molecular formula is C87H102N3O7P. The lowest BCUT2D eigenvalue weighted by atomic mass is 9.87. The maximum atomic E-state index is 16.0. The monoisotopic (exact) mass is 1330 g/mol. The average Bonchev–Trinajstić information content (AvgIpc) is 0.805. The fourth-order valence-electron chi connectivity index (χ4n) is 12.0. The molecule has 0 aromatic heterocycles. The molecule has 0 bridgehead atoms. The molecule has 10 nitrogen and oxygen atoms in total. The van der Waals surface area contributed by atoms with Crippen molar-refractivity contribution in [1.82, 2.24) is 14.7 Å². The summed E-state index contributed by atoms with van der Waals surface area (Å²) < 4.78 is 54.4. The van der Waals surface area contributed by atoms with Crippen molar-refractivity contribution in [1.29, 1.82) is 0 Å². The highest BCUT2D eigenvalue weighted by Crippen LogP contribution is 2.51. The van der Waals surface area contributed by atoms with Crippen molar-refractivity contribution in [3.05, 3.63) is 285 Å². The molecule has 0 spiro atoms. The summed E-state index contributed by atoms with van der Waals surface area (Å²) in [4.78, 5) is 6.33. The molecular weight excluding hydrogens is 1230 g/mol. The molecule has 0 aliphatic carbocycles. The molecule has 9 aromatic carbocycles. The third kappa shape index (κ3) is 19.9. The molecule has 0 aliphatic heterocycles. The van der Waals surface area contributed by atoms with Crippen LogP contribution in [0.2, 0.25) is 0 Å². The van der Waals surface area contributed by atoms with Crippen molar-refractivity contribution in [2.45, 2.75) is 99.3 Å². The minimum absolute atomic E-state index is 0.305. The van der Waals surface area contributed by atoms with Crippen LogP contribution in [0.5, 0.6) is 34.5 Å². The Morgan fingerprint density at radius 1 is 0.286 bits per heavy atom. The van der Waals surface area contributed by atoms with Gasteiger partial charge in [-0.05, 0) is 252 Å². The lowest BCUT2D eigenvalue weighted by Gasteiger charge is -2.22. The van der Waals surface area contributed by atoms with Crippen molar-refractivity contribution in [3.8, 4) is 34.5 Å². The molecule has 0 saturated heterocycles. The van der Waals surface area contributed by atoms with E-state index in [0.29, 0.717) is 54.8 Å². The fourth-order valence-corrected chi connectivity index (χ4v) is 13.3. The zero-order chi connectivity index (χ0) is 69.9. The van der Waals surface area contributed by atoms with E-state index < -0.39 is 7.82 Å². The first-order valence-corrected chi connectivity index (χ1v) is 36.3. The normalized spacial score (nSPS) is 12.7. The Morgan fingerprint density at radius 3 is 0.643 bits per heavy atom. The van der Waals surface area contributed by atoms with Gasteiger partial charge in [-0.3, -0.25) is 0 Å². The van der Waals surface area contributed by atoms with Gasteiger partial charge in [-0.15, -0.1) is 0 Å². The Labute approximate surface area is 585 Å². The SMILES string of the molecule is CC/C(=C(\c1ccc(OCCN(C)C)cc1)c1ccc(OP(=O)(Oc2ccc(/C(=C(/CC)c3ccc(C(C)C)cc3)c3ccc(OCCN(C)C)cc3)cc2)Oc2ccc(/C(=C(/CC)c3ccc(C(C)C)cc3)c3ccc(OCCN(C)C)cc3)cc2)cc1)c1ccc(C(C)C)cc1. The van der Waals surface area contributed by atoms with Gasteiger partial charge >= 0.3 is 7.82 Å². The first kappa shape index (κ1) is 73.4. The minimum Gasteiger partial charge on any atom is -0.492 e. The van der Waals surface area contributed by atoms with Crippen molar-refractivity contribution in [2.75, 3.05) is 81.7 Å². The third-order valence-electron chi connectivity index (χ3n) is 17.7. The van der Waals surface area contributed by atoms with Gasteiger partial charge in [0, 0.05) is 19.6 Å². The number of benzene rings is 9. The lowest BCUT2D eigenvalue weighted by Crippen LogP contribution is -2.19. The maximum absolute atomic E-state index is 16.0. The molecule has 0 N–H and O–H groups in total. The molecule has 0 saturated carbocycles. The summed E-state index contributed by atoms with van der Waals surface area (Å²) in [6, 6.07) is 75.0. The van der Waals surface area contributed by atoms with Gasteiger partial charge in [-0.25, -0.2) is 0 Å². The second-order valence-electron chi connectivity index (χ2n) is 26.8. The van der Waals surface area contributed by atoms with Crippen LogP contribution in [0.4, 0.5) is 0 Å². The van der Waals surface area contributed by atoms with E-state index in [9.17, 15) is 0 Å². The molecule has 11 heteroatoms. The third-order valence-corrected chi connectivity index (χ3v) is 19.0. The summed E-state index contributed by atoms with van der Waals surface area (Å²) >= 11 is 0. The number of rotatable bonds is 33. The summed E-state index contributed by atoms with van der Waals surface area (Å²) in [6.45, 7) is 24.1. The number of allylic oxidation sites excluding steroid dienone is 3. The second kappa shape index (κ2) is 35.1. The number of phosphoric ester groups is 1. The first-order valence-electron chi connectivity index (χ1n) is 34.9. The highest BCUT2D eigenvalue weighted by atomic mass is 31.2. The Balaban J connectivity index is 1.12.